The van der Waals surface area contributed by atoms with E-state index in [1.807, 2.05) is 24.0 Å². The van der Waals surface area contributed by atoms with Gasteiger partial charge in [0, 0.05) is 0 Å². The molecular formula is C3H7NSe. The molecule has 0 fully saturated rings. The van der Waals surface area contributed by atoms with Gasteiger partial charge in [-0.3, -0.25) is 0 Å². The third-order valence-corrected chi connectivity index (χ3v) is 1.10. The Kier molecular flexibility index (Phi) is 2.52. The van der Waals surface area contributed by atoms with E-state index in [1.165, 1.54) is 0 Å². The van der Waals surface area contributed by atoms with Crippen molar-refractivity contribution < 1.29 is 0 Å². The fourth-order valence-corrected chi connectivity index (χ4v) is 0. The van der Waals surface area contributed by atoms with Crippen LogP contribution in [0.15, 0.2) is 0 Å². The number of nitrogens with zero attached hydrogens (tertiary/aromatic N) is 1. The van der Waals surface area contributed by atoms with Crippen molar-refractivity contribution in [2.75, 3.05) is 14.1 Å². The zero-order valence-electron chi connectivity index (χ0n) is 3.43. The molecule has 0 spiro atoms. The summed E-state index contributed by atoms with van der Waals surface area (Å²) in [5, 5.41) is 1.88. The predicted molar refractivity (Wildman–Crippen MR) is 25.5 cm³/mol. The molecule has 0 saturated carbocycles. The molecule has 0 aromatic rings. The Morgan fingerprint density at radius 3 is 1.80 bits per heavy atom. The first kappa shape index (κ1) is 5.19. The van der Waals surface area contributed by atoms with E-state index < -0.39 is 0 Å². The maximum absolute atomic E-state index is 2.74. The first-order valence-corrected chi connectivity index (χ1v) is 2.38. The van der Waals surface area contributed by atoms with Crippen LogP contribution in [0.1, 0.15) is 0 Å². The van der Waals surface area contributed by atoms with Crippen LogP contribution in [-0.2, 0) is 0 Å². The van der Waals surface area contributed by atoms with Crippen LogP contribution in [0.4, 0.5) is 0 Å². The van der Waals surface area contributed by atoms with Gasteiger partial charge < -0.3 is 0 Å². The van der Waals surface area contributed by atoms with Gasteiger partial charge in [0.25, 0.3) is 0 Å². The van der Waals surface area contributed by atoms with E-state index in [1.54, 1.807) is 0 Å². The molecule has 0 rings (SSSR count). The molecule has 0 radical (unpaired) electrons. The van der Waals surface area contributed by atoms with E-state index in [2.05, 4.69) is 15.6 Å². The van der Waals surface area contributed by atoms with E-state index >= 15 is 0 Å². The number of hydrogen-bond donors (Lipinski definition) is 0. The van der Waals surface area contributed by atoms with E-state index in [-0.39, 0.29) is 0 Å². The standard InChI is InChI=1S/C3H7NSe/c1-4(2)3-5/h3H,1-2H3. The Bertz CT molecular complexity index is 33.9. The molecule has 0 aliphatic carbocycles. The summed E-state index contributed by atoms with van der Waals surface area (Å²) in [5.74, 6) is 0. The fourth-order valence-electron chi connectivity index (χ4n) is 0. The Hall–Kier alpha value is 0.189. The van der Waals surface area contributed by atoms with Crippen LogP contribution in [0.25, 0.3) is 0 Å². The molecule has 0 aliphatic heterocycles. The summed E-state index contributed by atoms with van der Waals surface area (Å²) in [7, 11) is 3.94. The Morgan fingerprint density at radius 1 is 1.60 bits per heavy atom. The van der Waals surface area contributed by atoms with Crippen molar-refractivity contribution in [1.82, 2.24) is 4.90 Å². The second kappa shape index (κ2) is 2.43. The fraction of sp³-hybridized carbons (Fsp3) is 0.667. The summed E-state index contributed by atoms with van der Waals surface area (Å²) in [5.41, 5.74) is 0. The molecule has 0 aliphatic rings. The summed E-state index contributed by atoms with van der Waals surface area (Å²) in [6, 6.07) is 0. The molecule has 0 N–H and O–H groups in total. The third kappa shape index (κ3) is 4.19. The van der Waals surface area contributed by atoms with Crippen LogP contribution in [0.3, 0.4) is 0 Å². The van der Waals surface area contributed by atoms with Crippen LogP contribution in [0.5, 0.6) is 0 Å². The van der Waals surface area contributed by atoms with E-state index in [0.717, 1.165) is 0 Å². The molecule has 0 atom stereocenters. The second-order valence-electron chi connectivity index (χ2n) is 1.07. The van der Waals surface area contributed by atoms with Crippen molar-refractivity contribution >= 4 is 20.6 Å². The number of rotatable bonds is 1. The van der Waals surface area contributed by atoms with Crippen molar-refractivity contribution in [3.8, 4) is 0 Å². The molecule has 2 heteroatoms. The molecule has 0 heterocycles. The molecule has 0 saturated heterocycles. The van der Waals surface area contributed by atoms with E-state index in [4.69, 9.17) is 0 Å². The summed E-state index contributed by atoms with van der Waals surface area (Å²) >= 11 is 2.74. The van der Waals surface area contributed by atoms with Gasteiger partial charge in [0.1, 0.15) is 0 Å². The van der Waals surface area contributed by atoms with Crippen molar-refractivity contribution in [2.45, 2.75) is 0 Å². The van der Waals surface area contributed by atoms with Gasteiger partial charge in [-0.25, -0.2) is 0 Å². The van der Waals surface area contributed by atoms with Gasteiger partial charge in [-0.1, -0.05) is 0 Å². The van der Waals surface area contributed by atoms with Crippen LogP contribution in [-0.4, -0.2) is 39.6 Å². The van der Waals surface area contributed by atoms with Gasteiger partial charge >= 0.3 is 39.6 Å². The van der Waals surface area contributed by atoms with Gasteiger partial charge in [-0.15, -0.1) is 0 Å². The molecule has 5 heavy (non-hydrogen) atoms. The van der Waals surface area contributed by atoms with Crippen molar-refractivity contribution in [2.24, 2.45) is 0 Å². The average Bonchev–Trinajstić information content (AvgIpc) is 1.38. The van der Waals surface area contributed by atoms with Gasteiger partial charge in [0.15, 0.2) is 0 Å². The molecule has 0 unspecified atom stereocenters. The topological polar surface area (TPSA) is 3.24 Å². The van der Waals surface area contributed by atoms with Gasteiger partial charge in [0.2, 0.25) is 0 Å². The maximum atomic E-state index is 2.74. The molecule has 0 aromatic carbocycles. The molecule has 0 bridgehead atoms. The monoisotopic (exact) mass is 137 g/mol. The van der Waals surface area contributed by atoms with Crippen LogP contribution < -0.4 is 0 Å². The Labute approximate surface area is 40.3 Å². The summed E-state index contributed by atoms with van der Waals surface area (Å²) in [4.78, 5) is 1.94. The van der Waals surface area contributed by atoms with Crippen molar-refractivity contribution in [1.29, 1.82) is 0 Å². The minimum absolute atomic E-state index is 1.88. The summed E-state index contributed by atoms with van der Waals surface area (Å²) in [6.45, 7) is 0. The molecule has 0 amide bonds. The van der Waals surface area contributed by atoms with E-state index in [9.17, 15) is 0 Å². The zero-order chi connectivity index (χ0) is 4.28. The normalized spacial score (nSPS) is 6.80. The minimum atomic E-state index is 1.88. The quantitative estimate of drug-likeness (QED) is 0.438. The molecule has 1 nitrogen and oxygen atoms in total. The SMILES string of the molecule is CN(C)C=[Se]. The zero-order valence-corrected chi connectivity index (χ0v) is 5.15. The van der Waals surface area contributed by atoms with Gasteiger partial charge in [-0.05, 0) is 0 Å². The van der Waals surface area contributed by atoms with Gasteiger partial charge in [0.05, 0.1) is 0 Å². The van der Waals surface area contributed by atoms with E-state index in [0.29, 0.717) is 0 Å². The van der Waals surface area contributed by atoms with Crippen molar-refractivity contribution in [3.05, 3.63) is 0 Å². The first-order valence-electron chi connectivity index (χ1n) is 1.39. The first-order chi connectivity index (χ1) is 2.27. The van der Waals surface area contributed by atoms with Gasteiger partial charge in [-0.2, -0.15) is 0 Å². The molecular weight excluding hydrogens is 129 g/mol. The average molecular weight is 136 g/mol. The summed E-state index contributed by atoms with van der Waals surface area (Å²) < 4.78 is 0. The molecule has 0 aromatic heterocycles. The van der Waals surface area contributed by atoms with Crippen LogP contribution in [0, 0.1) is 0 Å². The number of hydrogen-bond acceptors (Lipinski definition) is 1. The summed E-state index contributed by atoms with van der Waals surface area (Å²) in [6.07, 6.45) is 0. The predicted octanol–water partition coefficient (Wildman–Crippen LogP) is -0.524. The molecule has 30 valence electrons. The second-order valence-corrected chi connectivity index (χ2v) is 1.51. The third-order valence-electron chi connectivity index (χ3n) is 0.211. The Balaban J connectivity index is 2.83. The van der Waals surface area contributed by atoms with Crippen LogP contribution >= 0.6 is 0 Å². The van der Waals surface area contributed by atoms with Crippen molar-refractivity contribution in [3.63, 3.8) is 0 Å². The Morgan fingerprint density at radius 2 is 1.80 bits per heavy atom. The van der Waals surface area contributed by atoms with Crippen LogP contribution in [0.2, 0.25) is 0 Å².